The van der Waals surface area contributed by atoms with Crippen molar-refractivity contribution in [2.75, 3.05) is 7.11 Å². The zero-order valence-corrected chi connectivity index (χ0v) is 11.8. The lowest BCUT2D eigenvalue weighted by Crippen LogP contribution is -2.22. The summed E-state index contributed by atoms with van der Waals surface area (Å²) in [6.07, 6.45) is 0. The molecular weight excluding hydrogens is 299 g/mol. The second-order valence-electron chi connectivity index (χ2n) is 4.16. The third-order valence-corrected chi connectivity index (χ3v) is 3.08. The summed E-state index contributed by atoms with van der Waals surface area (Å²) in [5.74, 6) is -1.50. The second-order valence-corrected chi connectivity index (χ2v) is 4.56. The Bertz CT molecular complexity index is 673. The van der Waals surface area contributed by atoms with Gasteiger partial charge >= 0.3 is 0 Å². The van der Waals surface area contributed by atoms with Gasteiger partial charge in [0.15, 0.2) is 11.5 Å². The van der Waals surface area contributed by atoms with Gasteiger partial charge in [-0.15, -0.1) is 0 Å². The van der Waals surface area contributed by atoms with Crippen molar-refractivity contribution in [1.29, 1.82) is 0 Å². The molecule has 0 heterocycles. The van der Waals surface area contributed by atoms with E-state index < -0.39 is 11.8 Å². The average molecular weight is 310 g/mol. The van der Waals surface area contributed by atoms with E-state index in [0.29, 0.717) is 5.56 Å². The maximum atomic E-state index is 13.5. The van der Waals surface area contributed by atoms with Crippen LogP contribution >= 0.6 is 11.6 Å². The van der Waals surface area contributed by atoms with Crippen LogP contribution in [0, 0.1) is 5.82 Å². The molecule has 110 valence electrons. The minimum atomic E-state index is -1.38. The second kappa shape index (κ2) is 6.45. The van der Waals surface area contributed by atoms with Gasteiger partial charge in [0.1, 0.15) is 12.4 Å². The van der Waals surface area contributed by atoms with Crippen LogP contribution in [-0.2, 0) is 6.61 Å². The van der Waals surface area contributed by atoms with E-state index in [-0.39, 0.29) is 28.7 Å². The molecule has 0 amide bonds. The molecule has 0 fully saturated rings. The molecule has 6 heteroatoms. The first kappa shape index (κ1) is 15.1. The van der Waals surface area contributed by atoms with Gasteiger partial charge in [0.2, 0.25) is 0 Å². The van der Waals surface area contributed by atoms with Gasteiger partial charge in [-0.2, -0.15) is 0 Å². The molecule has 0 aliphatic heterocycles. The molecule has 2 rings (SSSR count). The lowest BCUT2D eigenvalue weighted by molar-refractivity contribution is -0.255. The van der Waals surface area contributed by atoms with E-state index in [0.717, 1.165) is 0 Å². The first-order valence-corrected chi connectivity index (χ1v) is 6.35. The lowest BCUT2D eigenvalue weighted by atomic mass is 10.2. The van der Waals surface area contributed by atoms with Crippen molar-refractivity contribution in [3.63, 3.8) is 0 Å². The van der Waals surface area contributed by atoms with Crippen LogP contribution in [0.3, 0.4) is 0 Å². The van der Waals surface area contributed by atoms with Crippen molar-refractivity contribution in [1.82, 2.24) is 0 Å². The number of carbonyl (C=O) groups excluding carboxylic acids is 1. The van der Waals surface area contributed by atoms with E-state index in [4.69, 9.17) is 21.1 Å². The van der Waals surface area contributed by atoms with Crippen molar-refractivity contribution >= 4 is 17.6 Å². The van der Waals surface area contributed by atoms with Crippen molar-refractivity contribution < 1.29 is 23.8 Å². The van der Waals surface area contributed by atoms with Gasteiger partial charge in [0.25, 0.3) is 0 Å². The predicted octanol–water partition coefficient (Wildman–Crippen LogP) is 2.43. The fourth-order valence-electron chi connectivity index (χ4n) is 1.74. The van der Waals surface area contributed by atoms with Crippen LogP contribution in [0.5, 0.6) is 11.5 Å². The molecule has 0 radical (unpaired) electrons. The van der Waals surface area contributed by atoms with Gasteiger partial charge in [-0.05, 0) is 18.2 Å². The van der Waals surface area contributed by atoms with E-state index >= 15 is 0 Å². The normalized spacial score (nSPS) is 10.2. The molecule has 0 aromatic heterocycles. The number of aromatic carboxylic acids is 1. The Hall–Kier alpha value is -2.27. The highest BCUT2D eigenvalue weighted by Gasteiger charge is 2.13. The largest absolute Gasteiger partial charge is 0.545 e. The highest BCUT2D eigenvalue weighted by molar-refractivity contribution is 6.32. The summed E-state index contributed by atoms with van der Waals surface area (Å²) in [5.41, 5.74) is 0.217. The molecule has 2 aromatic carbocycles. The van der Waals surface area contributed by atoms with Crippen molar-refractivity contribution in [3.05, 3.63) is 58.4 Å². The van der Waals surface area contributed by atoms with E-state index in [1.54, 1.807) is 18.2 Å². The third kappa shape index (κ3) is 3.44. The SMILES string of the molecule is COc1cc(C(=O)[O-])cc(Cl)c1OCc1ccccc1F. The van der Waals surface area contributed by atoms with Crippen LogP contribution in [0.4, 0.5) is 4.39 Å². The summed E-state index contributed by atoms with van der Waals surface area (Å²) in [6.45, 7) is -0.0621. The molecular formula is C15H11ClFO4-. The van der Waals surface area contributed by atoms with Crippen LogP contribution < -0.4 is 14.6 Å². The molecule has 0 aliphatic carbocycles. The summed E-state index contributed by atoms with van der Waals surface area (Å²) in [5, 5.41) is 10.9. The lowest BCUT2D eigenvalue weighted by Gasteiger charge is -2.14. The molecule has 0 atom stereocenters. The minimum absolute atomic E-state index is 0.0462. The first-order valence-electron chi connectivity index (χ1n) is 5.98. The number of carboxylic acid groups (broad SMARTS) is 1. The summed E-state index contributed by atoms with van der Waals surface area (Å²) < 4.78 is 24.0. The van der Waals surface area contributed by atoms with E-state index in [2.05, 4.69) is 0 Å². The number of hydrogen-bond acceptors (Lipinski definition) is 4. The standard InChI is InChI=1S/C15H12ClFO4/c1-20-13-7-10(15(18)19)6-11(16)14(13)21-8-9-4-2-3-5-12(9)17/h2-7H,8H2,1H3,(H,18,19)/p-1. The Kier molecular flexibility index (Phi) is 4.65. The van der Waals surface area contributed by atoms with Crippen LogP contribution in [-0.4, -0.2) is 13.1 Å². The Morgan fingerprint density at radius 3 is 2.67 bits per heavy atom. The predicted molar refractivity (Wildman–Crippen MR) is 73.1 cm³/mol. The van der Waals surface area contributed by atoms with Gasteiger partial charge in [-0.1, -0.05) is 29.8 Å². The molecule has 0 saturated heterocycles. The molecule has 0 N–H and O–H groups in total. The number of hydrogen-bond donors (Lipinski definition) is 0. The summed E-state index contributed by atoms with van der Waals surface area (Å²) in [6, 6.07) is 8.57. The third-order valence-electron chi connectivity index (χ3n) is 2.79. The zero-order chi connectivity index (χ0) is 15.4. The van der Waals surface area contributed by atoms with Crippen molar-refractivity contribution in [2.45, 2.75) is 6.61 Å². The van der Waals surface area contributed by atoms with Crippen molar-refractivity contribution in [3.8, 4) is 11.5 Å². The van der Waals surface area contributed by atoms with Gasteiger partial charge in [-0.3, -0.25) is 0 Å². The average Bonchev–Trinajstić information content (AvgIpc) is 2.46. The topological polar surface area (TPSA) is 58.6 Å². The Balaban J connectivity index is 2.28. The number of carbonyl (C=O) groups is 1. The fourth-order valence-corrected chi connectivity index (χ4v) is 2.01. The smallest absolute Gasteiger partial charge is 0.180 e. The number of ether oxygens (including phenoxy) is 2. The van der Waals surface area contributed by atoms with Crippen LogP contribution in [0.1, 0.15) is 15.9 Å². The van der Waals surface area contributed by atoms with Gasteiger partial charge in [0.05, 0.1) is 18.1 Å². The number of halogens is 2. The molecule has 0 bridgehead atoms. The molecule has 0 aliphatic rings. The minimum Gasteiger partial charge on any atom is -0.545 e. The Morgan fingerprint density at radius 1 is 1.33 bits per heavy atom. The molecule has 2 aromatic rings. The maximum Gasteiger partial charge on any atom is 0.180 e. The van der Waals surface area contributed by atoms with Gasteiger partial charge in [-0.25, -0.2) is 4.39 Å². The molecule has 21 heavy (non-hydrogen) atoms. The zero-order valence-electron chi connectivity index (χ0n) is 11.1. The highest BCUT2D eigenvalue weighted by atomic mass is 35.5. The summed E-state index contributed by atoms with van der Waals surface area (Å²) >= 11 is 5.97. The molecule has 0 unspecified atom stereocenters. The van der Waals surface area contributed by atoms with Crippen LogP contribution in [0.15, 0.2) is 36.4 Å². The van der Waals surface area contributed by atoms with Crippen LogP contribution in [0.2, 0.25) is 5.02 Å². The summed E-state index contributed by atoms with van der Waals surface area (Å²) in [7, 11) is 1.35. The van der Waals surface area contributed by atoms with Gasteiger partial charge in [0, 0.05) is 11.1 Å². The van der Waals surface area contributed by atoms with E-state index in [1.165, 1.54) is 25.3 Å². The number of benzene rings is 2. The quantitative estimate of drug-likeness (QED) is 0.851. The number of carboxylic acids is 1. The fraction of sp³-hybridized carbons (Fsp3) is 0.133. The van der Waals surface area contributed by atoms with Gasteiger partial charge < -0.3 is 19.4 Å². The molecule has 0 spiro atoms. The summed E-state index contributed by atoms with van der Waals surface area (Å²) in [4.78, 5) is 10.8. The van der Waals surface area contributed by atoms with E-state index in [1.807, 2.05) is 0 Å². The first-order chi connectivity index (χ1) is 10.0. The Labute approximate surface area is 125 Å². The number of methoxy groups -OCH3 is 1. The molecule has 4 nitrogen and oxygen atoms in total. The Morgan fingerprint density at radius 2 is 2.05 bits per heavy atom. The monoisotopic (exact) mass is 309 g/mol. The maximum absolute atomic E-state index is 13.5. The number of rotatable bonds is 5. The molecule has 0 saturated carbocycles. The van der Waals surface area contributed by atoms with Crippen molar-refractivity contribution in [2.24, 2.45) is 0 Å². The van der Waals surface area contributed by atoms with Crippen LogP contribution in [0.25, 0.3) is 0 Å². The van der Waals surface area contributed by atoms with E-state index in [9.17, 15) is 14.3 Å². The highest BCUT2D eigenvalue weighted by Crippen LogP contribution is 2.36.